The molecule has 3 heteroatoms. The first kappa shape index (κ1) is 9.68. The van der Waals surface area contributed by atoms with Gasteiger partial charge in [-0.2, -0.15) is 0 Å². The van der Waals surface area contributed by atoms with E-state index in [9.17, 15) is 4.79 Å². The van der Waals surface area contributed by atoms with Crippen molar-refractivity contribution in [2.45, 2.75) is 22.6 Å². The molecule has 1 aromatic rings. The van der Waals surface area contributed by atoms with Crippen LogP contribution in [0.15, 0.2) is 28.0 Å². The van der Waals surface area contributed by atoms with Gasteiger partial charge in [0.05, 0.1) is 0 Å². The van der Waals surface area contributed by atoms with Crippen LogP contribution in [-0.4, -0.2) is 6.29 Å². The molecule has 64 valence electrons. The maximum atomic E-state index is 10.5. The maximum absolute atomic E-state index is 10.5. The van der Waals surface area contributed by atoms with Crippen LogP contribution in [0.5, 0.6) is 0 Å². The van der Waals surface area contributed by atoms with Crippen LogP contribution in [-0.2, 0) is 4.79 Å². The van der Waals surface area contributed by atoms with Crippen molar-refractivity contribution >= 4 is 31.5 Å². The standard InChI is InChI=1S/C9H10OS2/c1-6(5-10)8-4-7(11)2-3-9(8)12/h2-6,11-12H,1H3. The molecule has 0 amide bonds. The quantitative estimate of drug-likeness (QED) is 0.552. The van der Waals surface area contributed by atoms with Gasteiger partial charge in [0.25, 0.3) is 0 Å². The number of hydrogen-bond donors (Lipinski definition) is 2. The zero-order chi connectivity index (χ0) is 9.14. The fourth-order valence-corrected chi connectivity index (χ4v) is 1.54. The van der Waals surface area contributed by atoms with E-state index in [1.54, 1.807) is 0 Å². The number of carbonyl (C=O) groups is 1. The van der Waals surface area contributed by atoms with Crippen molar-refractivity contribution in [1.29, 1.82) is 0 Å². The minimum absolute atomic E-state index is 0.107. The SMILES string of the molecule is CC(C=O)c1cc(S)ccc1S. The molecule has 0 radical (unpaired) electrons. The predicted octanol–water partition coefficient (Wildman–Crippen LogP) is 2.57. The predicted molar refractivity (Wildman–Crippen MR) is 55.4 cm³/mol. The molecule has 1 unspecified atom stereocenters. The van der Waals surface area contributed by atoms with Crippen LogP contribution in [0.4, 0.5) is 0 Å². The van der Waals surface area contributed by atoms with E-state index in [4.69, 9.17) is 0 Å². The minimum atomic E-state index is -0.107. The fraction of sp³-hybridized carbons (Fsp3) is 0.222. The second kappa shape index (κ2) is 4.01. The molecule has 1 nitrogen and oxygen atoms in total. The number of aldehydes is 1. The van der Waals surface area contributed by atoms with E-state index in [2.05, 4.69) is 25.3 Å². The van der Waals surface area contributed by atoms with E-state index in [0.717, 1.165) is 21.6 Å². The van der Waals surface area contributed by atoms with Crippen LogP contribution < -0.4 is 0 Å². The third-order valence-corrected chi connectivity index (χ3v) is 2.39. The number of carbonyl (C=O) groups excluding carboxylic acids is 1. The Hall–Kier alpha value is -0.410. The van der Waals surface area contributed by atoms with Crippen LogP contribution in [0.25, 0.3) is 0 Å². The molecule has 0 heterocycles. The van der Waals surface area contributed by atoms with Gasteiger partial charge in [-0.3, -0.25) is 0 Å². The number of benzene rings is 1. The highest BCUT2D eigenvalue weighted by molar-refractivity contribution is 7.80. The molecule has 0 fully saturated rings. The Kier molecular flexibility index (Phi) is 3.23. The first-order valence-electron chi connectivity index (χ1n) is 3.62. The lowest BCUT2D eigenvalue weighted by Gasteiger charge is -2.07. The first-order chi connectivity index (χ1) is 5.65. The van der Waals surface area contributed by atoms with Crippen LogP contribution in [0.2, 0.25) is 0 Å². The lowest BCUT2D eigenvalue weighted by molar-refractivity contribution is -0.108. The summed E-state index contributed by atoms with van der Waals surface area (Å²) in [5.74, 6) is -0.107. The van der Waals surface area contributed by atoms with Crippen LogP contribution in [0.1, 0.15) is 18.4 Å². The summed E-state index contributed by atoms with van der Waals surface area (Å²) in [4.78, 5) is 12.2. The van der Waals surface area contributed by atoms with E-state index in [-0.39, 0.29) is 5.92 Å². The number of hydrogen-bond acceptors (Lipinski definition) is 3. The summed E-state index contributed by atoms with van der Waals surface area (Å²) in [7, 11) is 0. The number of thiol groups is 2. The van der Waals surface area contributed by atoms with Crippen LogP contribution in [0, 0.1) is 0 Å². The normalized spacial score (nSPS) is 12.6. The Morgan fingerprint density at radius 1 is 1.42 bits per heavy atom. The van der Waals surface area contributed by atoms with Crippen molar-refractivity contribution in [3.63, 3.8) is 0 Å². The zero-order valence-corrected chi connectivity index (χ0v) is 8.48. The lowest BCUT2D eigenvalue weighted by atomic mass is 10.0. The average Bonchev–Trinajstić information content (AvgIpc) is 2.08. The largest absolute Gasteiger partial charge is 0.303 e. The van der Waals surface area contributed by atoms with E-state index in [0.29, 0.717) is 0 Å². The summed E-state index contributed by atoms with van der Waals surface area (Å²) in [6.45, 7) is 1.84. The molecule has 0 N–H and O–H groups in total. The third kappa shape index (κ3) is 2.05. The van der Waals surface area contributed by atoms with Crippen molar-refractivity contribution in [3.05, 3.63) is 23.8 Å². The van der Waals surface area contributed by atoms with E-state index >= 15 is 0 Å². The molecular formula is C9H10OS2. The van der Waals surface area contributed by atoms with Gasteiger partial charge in [0.15, 0.2) is 0 Å². The van der Waals surface area contributed by atoms with Gasteiger partial charge >= 0.3 is 0 Å². The summed E-state index contributed by atoms with van der Waals surface area (Å²) >= 11 is 8.43. The molecule has 1 rings (SSSR count). The van der Waals surface area contributed by atoms with Gasteiger partial charge in [-0.25, -0.2) is 0 Å². The Morgan fingerprint density at radius 2 is 2.08 bits per heavy atom. The van der Waals surface area contributed by atoms with Gasteiger partial charge in [-0.05, 0) is 23.8 Å². The van der Waals surface area contributed by atoms with Crippen molar-refractivity contribution < 1.29 is 4.79 Å². The number of rotatable bonds is 2. The summed E-state index contributed by atoms with van der Waals surface area (Å²) in [5.41, 5.74) is 0.931. The summed E-state index contributed by atoms with van der Waals surface area (Å²) in [5, 5.41) is 0. The highest BCUT2D eigenvalue weighted by Crippen LogP contribution is 2.24. The molecular weight excluding hydrogens is 188 g/mol. The lowest BCUT2D eigenvalue weighted by Crippen LogP contribution is -1.95. The topological polar surface area (TPSA) is 17.1 Å². The maximum Gasteiger partial charge on any atom is 0.127 e. The second-order valence-corrected chi connectivity index (χ2v) is 3.67. The molecule has 0 spiro atoms. The highest BCUT2D eigenvalue weighted by Gasteiger charge is 2.07. The fourth-order valence-electron chi connectivity index (χ4n) is 0.980. The first-order valence-corrected chi connectivity index (χ1v) is 4.51. The molecule has 1 atom stereocenters. The Morgan fingerprint density at radius 3 is 2.67 bits per heavy atom. The van der Waals surface area contributed by atoms with Gasteiger partial charge in [-0.15, -0.1) is 25.3 Å². The third-order valence-electron chi connectivity index (χ3n) is 1.71. The van der Waals surface area contributed by atoms with E-state index < -0.39 is 0 Å². The summed E-state index contributed by atoms with van der Waals surface area (Å²) < 4.78 is 0. The van der Waals surface area contributed by atoms with Crippen molar-refractivity contribution in [3.8, 4) is 0 Å². The Labute approximate surface area is 83.0 Å². The van der Waals surface area contributed by atoms with Crippen molar-refractivity contribution in [2.24, 2.45) is 0 Å². The average molecular weight is 198 g/mol. The smallest absolute Gasteiger partial charge is 0.127 e. The summed E-state index contributed by atoms with van der Waals surface area (Å²) in [6.07, 6.45) is 0.905. The van der Waals surface area contributed by atoms with Gasteiger partial charge in [0, 0.05) is 15.7 Å². The van der Waals surface area contributed by atoms with Gasteiger partial charge in [0.2, 0.25) is 0 Å². The van der Waals surface area contributed by atoms with Gasteiger partial charge in [-0.1, -0.05) is 6.92 Å². The summed E-state index contributed by atoms with van der Waals surface area (Å²) in [6, 6.07) is 5.57. The molecule has 1 aromatic carbocycles. The minimum Gasteiger partial charge on any atom is -0.303 e. The van der Waals surface area contributed by atoms with Crippen LogP contribution in [0.3, 0.4) is 0 Å². The Bertz CT molecular complexity index is 297. The molecule has 0 saturated heterocycles. The molecule has 0 aromatic heterocycles. The molecule has 0 aliphatic carbocycles. The van der Waals surface area contributed by atoms with Gasteiger partial charge in [0.1, 0.15) is 6.29 Å². The van der Waals surface area contributed by atoms with Crippen LogP contribution >= 0.6 is 25.3 Å². The molecule has 0 saturated carbocycles. The second-order valence-electron chi connectivity index (χ2n) is 2.67. The zero-order valence-electron chi connectivity index (χ0n) is 6.69. The molecule has 0 aliphatic heterocycles. The molecule has 0 bridgehead atoms. The monoisotopic (exact) mass is 198 g/mol. The Balaban J connectivity index is 3.12. The molecule has 0 aliphatic rings. The van der Waals surface area contributed by atoms with E-state index in [1.165, 1.54) is 0 Å². The van der Waals surface area contributed by atoms with E-state index in [1.807, 2.05) is 25.1 Å². The van der Waals surface area contributed by atoms with Crippen molar-refractivity contribution in [2.75, 3.05) is 0 Å². The van der Waals surface area contributed by atoms with Gasteiger partial charge < -0.3 is 4.79 Å². The molecule has 12 heavy (non-hydrogen) atoms. The van der Waals surface area contributed by atoms with Crippen molar-refractivity contribution in [1.82, 2.24) is 0 Å². The highest BCUT2D eigenvalue weighted by atomic mass is 32.1.